The van der Waals surface area contributed by atoms with Crippen LogP contribution in [0.15, 0.2) is 18.2 Å². The number of ether oxygens (including phenoxy) is 2. The maximum atomic E-state index is 5.52. The molecule has 0 spiro atoms. The molecule has 0 radical (unpaired) electrons. The van der Waals surface area contributed by atoms with E-state index in [0.29, 0.717) is 0 Å². The first-order valence-corrected chi connectivity index (χ1v) is 7.23. The van der Waals surface area contributed by atoms with E-state index in [1.54, 1.807) is 14.2 Å². The summed E-state index contributed by atoms with van der Waals surface area (Å²) < 4.78 is 11.0. The third-order valence-corrected chi connectivity index (χ3v) is 3.32. The minimum Gasteiger partial charge on any atom is -0.496 e. The molecule has 0 saturated carbocycles. The maximum Gasteiger partial charge on any atom is 0.127 e. The maximum absolute atomic E-state index is 5.52. The largest absolute Gasteiger partial charge is 0.496 e. The summed E-state index contributed by atoms with van der Waals surface area (Å²) in [7, 11) is 7.61. The van der Waals surface area contributed by atoms with Gasteiger partial charge in [0.15, 0.2) is 0 Å². The summed E-state index contributed by atoms with van der Waals surface area (Å²) in [6, 6.07) is 6.19. The van der Waals surface area contributed by atoms with Gasteiger partial charge >= 0.3 is 0 Å². The average molecular weight is 280 g/mol. The lowest BCUT2D eigenvalue weighted by Gasteiger charge is -2.24. The fraction of sp³-hybridized carbons (Fsp3) is 0.625. The smallest absolute Gasteiger partial charge is 0.127 e. The third kappa shape index (κ3) is 4.69. The summed E-state index contributed by atoms with van der Waals surface area (Å²) >= 11 is 0. The molecule has 1 N–H and O–H groups in total. The average Bonchev–Trinajstić information content (AvgIpc) is 2.46. The minimum absolute atomic E-state index is 0.239. The van der Waals surface area contributed by atoms with E-state index in [0.717, 1.165) is 43.0 Å². The molecule has 0 aliphatic heterocycles. The first kappa shape index (κ1) is 16.8. The first-order chi connectivity index (χ1) is 9.63. The molecule has 20 heavy (non-hydrogen) atoms. The van der Waals surface area contributed by atoms with Crippen molar-refractivity contribution in [1.82, 2.24) is 10.2 Å². The van der Waals surface area contributed by atoms with Gasteiger partial charge in [0.05, 0.1) is 19.8 Å². The lowest BCUT2D eigenvalue weighted by atomic mass is 10.0. The van der Waals surface area contributed by atoms with Crippen molar-refractivity contribution < 1.29 is 9.47 Å². The monoisotopic (exact) mass is 280 g/mol. The number of rotatable bonds is 9. The standard InChI is InChI=1S/C16H28N2O2/c1-6-11-17-13(10-12-18(2)3)16-14(19-4)8-7-9-15(16)20-5/h7-9,13,17H,6,10-12H2,1-5H3. The van der Waals surface area contributed by atoms with Crippen molar-refractivity contribution in [3.8, 4) is 11.5 Å². The summed E-state index contributed by atoms with van der Waals surface area (Å²) in [5.41, 5.74) is 1.12. The van der Waals surface area contributed by atoms with Crippen LogP contribution in [0.4, 0.5) is 0 Å². The van der Waals surface area contributed by atoms with E-state index in [4.69, 9.17) is 9.47 Å². The highest BCUT2D eigenvalue weighted by Crippen LogP contribution is 2.35. The molecule has 0 fully saturated rings. The van der Waals surface area contributed by atoms with Crippen LogP contribution in [0.3, 0.4) is 0 Å². The molecule has 0 saturated heterocycles. The summed E-state index contributed by atoms with van der Waals surface area (Å²) in [4.78, 5) is 2.20. The third-order valence-electron chi connectivity index (χ3n) is 3.32. The second-order valence-electron chi connectivity index (χ2n) is 5.17. The number of methoxy groups -OCH3 is 2. The Kier molecular flexibility index (Phi) is 7.41. The highest BCUT2D eigenvalue weighted by atomic mass is 16.5. The Labute approximate surface area is 123 Å². The van der Waals surface area contributed by atoms with Gasteiger partial charge in [-0.15, -0.1) is 0 Å². The van der Waals surface area contributed by atoms with E-state index in [1.165, 1.54) is 0 Å². The highest BCUT2D eigenvalue weighted by Gasteiger charge is 2.20. The highest BCUT2D eigenvalue weighted by molar-refractivity contribution is 5.47. The normalized spacial score (nSPS) is 12.5. The van der Waals surface area contributed by atoms with Crippen molar-refractivity contribution in [2.24, 2.45) is 0 Å². The molecule has 0 heterocycles. The Morgan fingerprint density at radius 1 is 1.15 bits per heavy atom. The number of hydrogen-bond donors (Lipinski definition) is 1. The molecule has 1 rings (SSSR count). The molecule has 1 atom stereocenters. The fourth-order valence-corrected chi connectivity index (χ4v) is 2.28. The van der Waals surface area contributed by atoms with Gasteiger partial charge in [-0.25, -0.2) is 0 Å². The van der Waals surface area contributed by atoms with Gasteiger partial charge in [-0.2, -0.15) is 0 Å². The molecule has 0 bridgehead atoms. The lowest BCUT2D eigenvalue weighted by molar-refractivity contribution is 0.336. The van der Waals surface area contributed by atoms with E-state index in [2.05, 4.69) is 31.2 Å². The van der Waals surface area contributed by atoms with Crippen molar-refractivity contribution >= 4 is 0 Å². The van der Waals surface area contributed by atoms with Gasteiger partial charge in [-0.1, -0.05) is 13.0 Å². The molecule has 4 heteroatoms. The van der Waals surface area contributed by atoms with Crippen LogP contribution in [0.1, 0.15) is 31.4 Å². The Morgan fingerprint density at radius 2 is 1.75 bits per heavy atom. The topological polar surface area (TPSA) is 33.7 Å². The quantitative estimate of drug-likeness (QED) is 0.754. The molecule has 0 amide bonds. The molecule has 4 nitrogen and oxygen atoms in total. The first-order valence-electron chi connectivity index (χ1n) is 7.23. The molecule has 0 aliphatic rings. The molecular weight excluding hydrogens is 252 g/mol. The Hall–Kier alpha value is -1.26. The van der Waals surface area contributed by atoms with Gasteiger partial charge in [-0.3, -0.25) is 0 Å². The van der Waals surface area contributed by atoms with Crippen molar-refractivity contribution in [3.05, 3.63) is 23.8 Å². The summed E-state index contributed by atoms with van der Waals surface area (Å²) in [6.45, 7) is 4.18. The van der Waals surface area contributed by atoms with Crippen LogP contribution in [-0.4, -0.2) is 46.3 Å². The van der Waals surface area contributed by atoms with Gasteiger partial charge in [0.25, 0.3) is 0 Å². The predicted octanol–water partition coefficient (Wildman–Crippen LogP) is 2.70. The van der Waals surface area contributed by atoms with Crippen molar-refractivity contribution in [2.45, 2.75) is 25.8 Å². The van der Waals surface area contributed by atoms with Crippen LogP contribution in [-0.2, 0) is 0 Å². The van der Waals surface area contributed by atoms with Gasteiger partial charge in [0, 0.05) is 6.04 Å². The number of benzene rings is 1. The second-order valence-corrected chi connectivity index (χ2v) is 5.17. The van der Waals surface area contributed by atoms with Gasteiger partial charge in [0.1, 0.15) is 11.5 Å². The Morgan fingerprint density at radius 3 is 2.20 bits per heavy atom. The second kappa shape index (κ2) is 8.82. The fourth-order valence-electron chi connectivity index (χ4n) is 2.28. The zero-order chi connectivity index (χ0) is 15.0. The van der Waals surface area contributed by atoms with Crippen LogP contribution < -0.4 is 14.8 Å². The number of nitrogens with one attached hydrogen (secondary N) is 1. The Balaban J connectivity index is 3.03. The van der Waals surface area contributed by atoms with E-state index in [9.17, 15) is 0 Å². The predicted molar refractivity (Wildman–Crippen MR) is 83.8 cm³/mol. The molecular formula is C16H28N2O2. The number of nitrogens with zero attached hydrogens (tertiary/aromatic N) is 1. The number of hydrogen-bond acceptors (Lipinski definition) is 4. The van der Waals surface area contributed by atoms with E-state index in [-0.39, 0.29) is 6.04 Å². The zero-order valence-electron chi connectivity index (χ0n) is 13.4. The molecule has 0 aliphatic carbocycles. The molecule has 1 aromatic rings. The summed E-state index contributed by atoms with van der Waals surface area (Å²) in [6.07, 6.45) is 2.12. The lowest BCUT2D eigenvalue weighted by Crippen LogP contribution is -2.27. The van der Waals surface area contributed by atoms with Crippen LogP contribution >= 0.6 is 0 Å². The van der Waals surface area contributed by atoms with Crippen LogP contribution in [0.2, 0.25) is 0 Å². The van der Waals surface area contributed by atoms with E-state index >= 15 is 0 Å². The molecule has 1 aromatic carbocycles. The van der Waals surface area contributed by atoms with Gasteiger partial charge in [0.2, 0.25) is 0 Å². The molecule has 1 unspecified atom stereocenters. The SMILES string of the molecule is CCCNC(CCN(C)C)c1c(OC)cccc1OC. The van der Waals surface area contributed by atoms with Crippen LogP contribution in [0.5, 0.6) is 11.5 Å². The van der Waals surface area contributed by atoms with Crippen molar-refractivity contribution in [3.63, 3.8) is 0 Å². The van der Waals surface area contributed by atoms with Gasteiger partial charge < -0.3 is 19.7 Å². The molecule has 114 valence electrons. The summed E-state index contributed by atoms with van der Waals surface area (Å²) in [5.74, 6) is 1.77. The van der Waals surface area contributed by atoms with Crippen LogP contribution in [0.25, 0.3) is 0 Å². The molecule has 0 aromatic heterocycles. The van der Waals surface area contributed by atoms with Crippen LogP contribution in [0, 0.1) is 0 Å². The van der Waals surface area contributed by atoms with E-state index < -0.39 is 0 Å². The zero-order valence-corrected chi connectivity index (χ0v) is 13.4. The minimum atomic E-state index is 0.239. The van der Waals surface area contributed by atoms with Gasteiger partial charge in [-0.05, 0) is 52.2 Å². The van der Waals surface area contributed by atoms with Crippen molar-refractivity contribution in [2.75, 3.05) is 41.4 Å². The Bertz CT molecular complexity index is 372. The van der Waals surface area contributed by atoms with E-state index in [1.807, 2.05) is 18.2 Å². The van der Waals surface area contributed by atoms with Crippen molar-refractivity contribution in [1.29, 1.82) is 0 Å². The summed E-state index contributed by atoms with van der Waals surface area (Å²) in [5, 5.41) is 3.60.